The van der Waals surface area contributed by atoms with Crippen molar-refractivity contribution in [2.24, 2.45) is 0 Å². The lowest BCUT2D eigenvalue weighted by molar-refractivity contribution is -0.362. The summed E-state index contributed by atoms with van der Waals surface area (Å²) in [5.74, 6) is 0. The Morgan fingerprint density at radius 2 is 2.09 bits per heavy atom. The molecule has 0 aromatic heterocycles. The van der Waals surface area contributed by atoms with Crippen LogP contribution in [-0.4, -0.2) is 56.1 Å². The highest BCUT2D eigenvalue weighted by atomic mass is 16.8. The third-order valence-electron chi connectivity index (χ3n) is 4.02. The summed E-state index contributed by atoms with van der Waals surface area (Å²) in [5.41, 5.74) is 0.914. The first-order valence-corrected chi connectivity index (χ1v) is 7.65. The smallest absolute Gasteiger partial charge is 0.186 e. The lowest BCUT2D eigenvalue weighted by atomic mass is 9.97. The lowest BCUT2D eigenvalue weighted by Gasteiger charge is -2.47. The highest BCUT2D eigenvalue weighted by Crippen LogP contribution is 2.35. The Hall–Kier alpha value is -1.28. The molecule has 126 valence electrons. The predicted molar refractivity (Wildman–Crippen MR) is 81.6 cm³/mol. The summed E-state index contributed by atoms with van der Waals surface area (Å²) in [6, 6.07) is 9.65. The molecular formula is C17H22O6. The zero-order chi connectivity index (χ0) is 16.2. The molecule has 6 atom stereocenters. The molecule has 2 aliphatic heterocycles. The van der Waals surface area contributed by atoms with Gasteiger partial charge < -0.3 is 28.8 Å². The summed E-state index contributed by atoms with van der Waals surface area (Å²) in [6.45, 7) is 4.29. The van der Waals surface area contributed by atoms with E-state index in [1.54, 1.807) is 6.08 Å². The van der Waals surface area contributed by atoms with E-state index in [1.807, 2.05) is 30.3 Å². The van der Waals surface area contributed by atoms with Gasteiger partial charge in [0.2, 0.25) is 0 Å². The fourth-order valence-corrected chi connectivity index (χ4v) is 2.91. The molecule has 23 heavy (non-hydrogen) atoms. The molecule has 0 bridgehead atoms. The van der Waals surface area contributed by atoms with Crippen molar-refractivity contribution in [1.29, 1.82) is 0 Å². The van der Waals surface area contributed by atoms with Crippen LogP contribution in [-0.2, 0) is 23.7 Å². The van der Waals surface area contributed by atoms with E-state index >= 15 is 0 Å². The highest BCUT2D eigenvalue weighted by molar-refractivity contribution is 5.16. The maximum atomic E-state index is 10.4. The molecule has 2 aliphatic rings. The van der Waals surface area contributed by atoms with E-state index in [4.69, 9.17) is 23.7 Å². The van der Waals surface area contributed by atoms with Gasteiger partial charge in [-0.25, -0.2) is 0 Å². The van der Waals surface area contributed by atoms with Gasteiger partial charge in [0.15, 0.2) is 12.6 Å². The predicted octanol–water partition coefficient (Wildman–Crippen LogP) is 1.40. The number of ether oxygens (including phenoxy) is 5. The van der Waals surface area contributed by atoms with Gasteiger partial charge in [0.05, 0.1) is 13.2 Å². The van der Waals surface area contributed by atoms with Crippen molar-refractivity contribution in [3.8, 4) is 0 Å². The number of hydrogen-bond acceptors (Lipinski definition) is 6. The summed E-state index contributed by atoms with van der Waals surface area (Å²) in [5, 5.41) is 10.4. The number of aliphatic hydroxyl groups excluding tert-OH is 1. The van der Waals surface area contributed by atoms with Crippen molar-refractivity contribution in [2.75, 3.05) is 20.3 Å². The van der Waals surface area contributed by atoms with Crippen LogP contribution in [0.5, 0.6) is 0 Å². The van der Waals surface area contributed by atoms with Crippen LogP contribution >= 0.6 is 0 Å². The summed E-state index contributed by atoms with van der Waals surface area (Å²) in [7, 11) is 1.48. The number of hydrogen-bond donors (Lipinski definition) is 1. The Kier molecular flexibility index (Phi) is 5.42. The number of fused-ring (bicyclic) bond motifs is 1. The largest absolute Gasteiger partial charge is 0.385 e. The van der Waals surface area contributed by atoms with Gasteiger partial charge in [-0.2, -0.15) is 0 Å². The Labute approximate surface area is 135 Å². The minimum Gasteiger partial charge on any atom is -0.385 e. The number of methoxy groups -OCH3 is 1. The van der Waals surface area contributed by atoms with Gasteiger partial charge in [0.1, 0.15) is 24.4 Å². The zero-order valence-corrected chi connectivity index (χ0v) is 13.0. The molecule has 3 rings (SSSR count). The molecule has 1 aromatic carbocycles. The van der Waals surface area contributed by atoms with Gasteiger partial charge in [0, 0.05) is 12.7 Å². The Morgan fingerprint density at radius 1 is 1.30 bits per heavy atom. The molecule has 0 spiro atoms. The number of benzene rings is 1. The monoisotopic (exact) mass is 322 g/mol. The van der Waals surface area contributed by atoms with Crippen LogP contribution in [0.2, 0.25) is 0 Å². The molecule has 1 aromatic rings. The van der Waals surface area contributed by atoms with E-state index in [0.717, 1.165) is 5.56 Å². The lowest BCUT2D eigenvalue weighted by Crippen LogP contribution is -2.62. The van der Waals surface area contributed by atoms with Crippen LogP contribution < -0.4 is 0 Å². The molecule has 2 fully saturated rings. The van der Waals surface area contributed by atoms with Crippen molar-refractivity contribution in [1.82, 2.24) is 0 Å². The third-order valence-corrected chi connectivity index (χ3v) is 4.02. The van der Waals surface area contributed by atoms with Crippen LogP contribution in [0, 0.1) is 0 Å². The van der Waals surface area contributed by atoms with Gasteiger partial charge in [-0.05, 0) is 0 Å². The molecule has 0 saturated carbocycles. The normalized spacial score (nSPS) is 37.1. The summed E-state index contributed by atoms with van der Waals surface area (Å²) >= 11 is 0. The second-order valence-corrected chi connectivity index (χ2v) is 5.53. The van der Waals surface area contributed by atoms with Gasteiger partial charge in [0.25, 0.3) is 0 Å². The third kappa shape index (κ3) is 3.47. The standard InChI is InChI=1S/C17H22O6/c1-3-9-20-15-13(18)17(19-2)22-12-10-21-16(23-14(12)15)11-7-5-4-6-8-11/h3-8,12-18H,1,9-10H2,2H3/t12-,13+,14-,15-,16?,17+/m1/s1. The molecule has 2 saturated heterocycles. The van der Waals surface area contributed by atoms with Crippen molar-refractivity contribution in [3.63, 3.8) is 0 Å². The average molecular weight is 322 g/mol. The Balaban J connectivity index is 1.77. The van der Waals surface area contributed by atoms with Gasteiger partial charge in [-0.3, -0.25) is 0 Å². The van der Waals surface area contributed by atoms with E-state index in [0.29, 0.717) is 13.2 Å². The van der Waals surface area contributed by atoms with Crippen molar-refractivity contribution < 1.29 is 28.8 Å². The molecule has 2 heterocycles. The first kappa shape index (κ1) is 16.6. The highest BCUT2D eigenvalue weighted by Gasteiger charge is 2.50. The van der Waals surface area contributed by atoms with Crippen LogP contribution in [0.4, 0.5) is 0 Å². The SMILES string of the molecule is C=CCO[C@@H]1[C@H](O)[C@@H](OC)O[C@@H]2COC(c3ccccc3)O[C@@H]12. The van der Waals surface area contributed by atoms with Crippen LogP contribution in [0.25, 0.3) is 0 Å². The number of rotatable bonds is 5. The fourth-order valence-electron chi connectivity index (χ4n) is 2.91. The zero-order valence-electron chi connectivity index (χ0n) is 13.0. The van der Waals surface area contributed by atoms with Gasteiger partial charge in [-0.15, -0.1) is 6.58 Å². The fraction of sp³-hybridized carbons (Fsp3) is 0.529. The average Bonchev–Trinajstić information content (AvgIpc) is 2.61. The molecule has 0 amide bonds. The Bertz CT molecular complexity index is 507. The van der Waals surface area contributed by atoms with E-state index in [2.05, 4.69) is 6.58 Å². The molecule has 0 radical (unpaired) electrons. The molecule has 6 heteroatoms. The van der Waals surface area contributed by atoms with E-state index < -0.39 is 30.9 Å². The first-order chi connectivity index (χ1) is 11.2. The van der Waals surface area contributed by atoms with Crippen LogP contribution in [0.1, 0.15) is 11.9 Å². The second kappa shape index (κ2) is 7.53. The maximum absolute atomic E-state index is 10.4. The van der Waals surface area contributed by atoms with Crippen LogP contribution in [0.3, 0.4) is 0 Å². The minimum absolute atomic E-state index is 0.307. The van der Waals surface area contributed by atoms with Gasteiger partial charge in [-0.1, -0.05) is 36.4 Å². The molecule has 1 N–H and O–H groups in total. The Morgan fingerprint density at radius 3 is 2.78 bits per heavy atom. The molecule has 6 nitrogen and oxygen atoms in total. The quantitative estimate of drug-likeness (QED) is 0.827. The van der Waals surface area contributed by atoms with E-state index in [1.165, 1.54) is 7.11 Å². The van der Waals surface area contributed by atoms with Crippen molar-refractivity contribution in [3.05, 3.63) is 48.6 Å². The molecule has 1 unspecified atom stereocenters. The molecule has 0 aliphatic carbocycles. The molecular weight excluding hydrogens is 300 g/mol. The van der Waals surface area contributed by atoms with Crippen molar-refractivity contribution >= 4 is 0 Å². The number of aliphatic hydroxyl groups is 1. The summed E-state index contributed by atoms with van der Waals surface area (Å²) in [4.78, 5) is 0. The first-order valence-electron chi connectivity index (χ1n) is 7.65. The maximum Gasteiger partial charge on any atom is 0.186 e. The summed E-state index contributed by atoms with van der Waals surface area (Å²) in [6.07, 6.45) is -1.99. The second-order valence-electron chi connectivity index (χ2n) is 5.53. The summed E-state index contributed by atoms with van der Waals surface area (Å²) < 4.78 is 28.4. The van der Waals surface area contributed by atoms with E-state index in [-0.39, 0.29) is 6.10 Å². The van der Waals surface area contributed by atoms with Crippen molar-refractivity contribution in [2.45, 2.75) is 37.0 Å². The van der Waals surface area contributed by atoms with E-state index in [9.17, 15) is 5.11 Å². The van der Waals surface area contributed by atoms with Gasteiger partial charge >= 0.3 is 0 Å². The minimum atomic E-state index is -0.948. The van der Waals surface area contributed by atoms with Crippen LogP contribution in [0.15, 0.2) is 43.0 Å². The topological polar surface area (TPSA) is 66.4 Å².